The van der Waals surface area contributed by atoms with Gasteiger partial charge in [0.25, 0.3) is 0 Å². The van der Waals surface area contributed by atoms with E-state index in [2.05, 4.69) is 55.2 Å². The fourth-order valence-corrected chi connectivity index (χ4v) is 4.30. The van der Waals surface area contributed by atoms with Gasteiger partial charge < -0.3 is 4.74 Å². The smallest absolute Gasteiger partial charge is 0.311 e. The van der Waals surface area contributed by atoms with E-state index in [1.54, 1.807) is 0 Å². The number of esters is 1. The Hall–Kier alpha value is -2.58. The normalized spacial score (nSPS) is 13.1. The van der Waals surface area contributed by atoms with Crippen molar-refractivity contribution in [3.05, 3.63) is 23.8 Å². The maximum Gasteiger partial charge on any atom is 0.311 e. The molecule has 0 N–H and O–H groups in total. The highest BCUT2D eigenvalue weighted by molar-refractivity contribution is 5.83. The van der Waals surface area contributed by atoms with Gasteiger partial charge in [-0.1, -0.05) is 65.8 Å². The molecule has 0 saturated carbocycles. The Bertz CT molecular complexity index is 1070. The molecule has 0 bridgehead atoms. The van der Waals surface area contributed by atoms with Crippen molar-refractivity contribution < 1.29 is 14.3 Å². The second kappa shape index (κ2) is 13.2. The van der Waals surface area contributed by atoms with E-state index in [4.69, 9.17) is 4.74 Å². The van der Waals surface area contributed by atoms with Gasteiger partial charge in [0.05, 0.1) is 23.4 Å². The predicted molar refractivity (Wildman–Crippen MR) is 153 cm³/mol. The SMILES string of the molecule is CC(C)(C)Cc1cn(CCCOC(=O)C(C)(C)CCC(C)(C)Cc2cn(CCCC(=O)C(C)(C)C)nn2)nn1. The summed E-state index contributed by atoms with van der Waals surface area (Å²) in [6.45, 7) is 22.4. The molecule has 0 aromatic carbocycles. The van der Waals surface area contributed by atoms with Gasteiger partial charge in [-0.05, 0) is 56.8 Å². The molecular weight excluding hydrogens is 492 g/mol. The molecule has 0 aliphatic rings. The van der Waals surface area contributed by atoms with E-state index >= 15 is 0 Å². The third-order valence-corrected chi connectivity index (χ3v) is 6.91. The number of ether oxygens (including phenoxy) is 1. The van der Waals surface area contributed by atoms with Crippen molar-refractivity contribution in [2.45, 2.75) is 127 Å². The number of rotatable bonds is 15. The maximum absolute atomic E-state index is 12.8. The minimum absolute atomic E-state index is 0.0432. The average molecular weight is 545 g/mol. The van der Waals surface area contributed by atoms with Gasteiger partial charge in [0.15, 0.2) is 0 Å². The van der Waals surface area contributed by atoms with Crippen molar-refractivity contribution >= 4 is 11.8 Å². The molecule has 0 amide bonds. The van der Waals surface area contributed by atoms with Crippen LogP contribution in [0.25, 0.3) is 0 Å². The van der Waals surface area contributed by atoms with Crippen LogP contribution in [0.4, 0.5) is 0 Å². The Morgan fingerprint density at radius 3 is 1.85 bits per heavy atom. The molecule has 2 heterocycles. The minimum atomic E-state index is -0.568. The van der Waals surface area contributed by atoms with Crippen LogP contribution >= 0.6 is 0 Å². The molecule has 0 radical (unpaired) electrons. The number of aryl methyl sites for hydroxylation is 2. The molecule has 0 aliphatic heterocycles. The lowest BCUT2D eigenvalue weighted by molar-refractivity contribution is -0.154. The van der Waals surface area contributed by atoms with Crippen LogP contribution in [0.15, 0.2) is 12.4 Å². The van der Waals surface area contributed by atoms with E-state index in [1.807, 2.05) is 56.4 Å². The average Bonchev–Trinajstić information content (AvgIpc) is 3.42. The number of ketones is 1. The molecule has 0 spiro atoms. The fraction of sp³-hybridized carbons (Fsp3) is 0.800. The molecule has 2 aromatic rings. The van der Waals surface area contributed by atoms with Crippen LogP contribution in [-0.2, 0) is 40.3 Å². The zero-order chi connectivity index (χ0) is 29.5. The molecule has 39 heavy (non-hydrogen) atoms. The van der Waals surface area contributed by atoms with E-state index < -0.39 is 5.41 Å². The number of nitrogens with zero attached hydrogens (tertiary/aromatic N) is 6. The lowest BCUT2D eigenvalue weighted by Crippen LogP contribution is -2.29. The van der Waals surface area contributed by atoms with Crippen molar-refractivity contribution in [1.82, 2.24) is 30.0 Å². The predicted octanol–water partition coefficient (Wildman–Crippen LogP) is 5.86. The summed E-state index contributed by atoms with van der Waals surface area (Å²) < 4.78 is 9.28. The molecule has 0 saturated heterocycles. The molecule has 9 heteroatoms. The van der Waals surface area contributed by atoms with Gasteiger partial charge >= 0.3 is 5.97 Å². The molecule has 2 aromatic heterocycles. The Labute approximate surface area is 235 Å². The fourth-order valence-electron chi connectivity index (χ4n) is 4.30. The topological polar surface area (TPSA) is 105 Å². The summed E-state index contributed by atoms with van der Waals surface area (Å²) in [6, 6.07) is 0. The summed E-state index contributed by atoms with van der Waals surface area (Å²) in [7, 11) is 0. The number of hydrogen-bond donors (Lipinski definition) is 0. The van der Waals surface area contributed by atoms with E-state index in [0.29, 0.717) is 32.5 Å². The molecule has 0 fully saturated rings. The lowest BCUT2D eigenvalue weighted by atomic mass is 9.77. The zero-order valence-corrected chi connectivity index (χ0v) is 26.1. The van der Waals surface area contributed by atoms with Crippen LogP contribution in [0.1, 0.15) is 113 Å². The summed E-state index contributed by atoms with van der Waals surface area (Å²) in [5.74, 6) is 0.103. The summed E-state index contributed by atoms with van der Waals surface area (Å²) in [6.07, 6.45) is 9.20. The number of hydrogen-bond acceptors (Lipinski definition) is 7. The van der Waals surface area contributed by atoms with Gasteiger partial charge in [0, 0.05) is 43.7 Å². The maximum atomic E-state index is 12.8. The summed E-state index contributed by atoms with van der Waals surface area (Å²) >= 11 is 0. The van der Waals surface area contributed by atoms with Crippen molar-refractivity contribution in [2.75, 3.05) is 6.61 Å². The highest BCUT2D eigenvalue weighted by atomic mass is 16.5. The Balaban J connectivity index is 1.73. The van der Waals surface area contributed by atoms with Gasteiger partial charge in [-0.2, -0.15) is 0 Å². The van der Waals surface area contributed by atoms with Crippen LogP contribution in [0.5, 0.6) is 0 Å². The minimum Gasteiger partial charge on any atom is -0.465 e. The van der Waals surface area contributed by atoms with Crippen molar-refractivity contribution in [3.63, 3.8) is 0 Å². The third-order valence-electron chi connectivity index (χ3n) is 6.91. The van der Waals surface area contributed by atoms with E-state index in [0.717, 1.165) is 43.5 Å². The summed E-state index contributed by atoms with van der Waals surface area (Å²) in [5.41, 5.74) is 1.18. The van der Waals surface area contributed by atoms with Gasteiger partial charge in [0.1, 0.15) is 5.78 Å². The first kappa shape index (κ1) is 32.6. The molecule has 9 nitrogen and oxygen atoms in total. The van der Waals surface area contributed by atoms with Crippen LogP contribution in [0.2, 0.25) is 0 Å². The van der Waals surface area contributed by atoms with Crippen molar-refractivity contribution in [1.29, 1.82) is 0 Å². The standard InChI is InChI=1S/C30H52N6O3/c1-27(2,3)19-23-21-36(33-31-23)17-12-18-39-26(38)30(9,10)15-14-29(7,8)20-24-22-35(34-32-24)16-11-13-25(37)28(4,5)6/h21-22H,11-20H2,1-10H3. The van der Waals surface area contributed by atoms with Crippen LogP contribution in [-0.4, -0.2) is 48.3 Å². The molecule has 0 atom stereocenters. The highest BCUT2D eigenvalue weighted by Crippen LogP contribution is 2.34. The van der Waals surface area contributed by atoms with Crippen LogP contribution < -0.4 is 0 Å². The van der Waals surface area contributed by atoms with Crippen molar-refractivity contribution in [2.24, 2.45) is 21.7 Å². The zero-order valence-electron chi connectivity index (χ0n) is 26.1. The molecule has 0 unspecified atom stereocenters. The largest absolute Gasteiger partial charge is 0.465 e. The van der Waals surface area contributed by atoms with E-state index in [1.165, 1.54) is 0 Å². The molecule has 220 valence electrons. The highest BCUT2D eigenvalue weighted by Gasteiger charge is 2.32. The number of aromatic nitrogens is 6. The third kappa shape index (κ3) is 12.0. The molecular formula is C30H52N6O3. The summed E-state index contributed by atoms with van der Waals surface area (Å²) in [5, 5.41) is 17.0. The Morgan fingerprint density at radius 2 is 1.31 bits per heavy atom. The first-order valence-corrected chi connectivity index (χ1v) is 14.3. The number of carbonyl (C=O) groups is 2. The first-order chi connectivity index (χ1) is 17.9. The summed E-state index contributed by atoms with van der Waals surface area (Å²) in [4.78, 5) is 25.0. The number of carbonyl (C=O) groups excluding carboxylic acids is 2. The second-order valence-corrected chi connectivity index (χ2v) is 14.7. The van der Waals surface area contributed by atoms with Gasteiger partial charge in [0.2, 0.25) is 0 Å². The lowest BCUT2D eigenvalue weighted by Gasteiger charge is -2.29. The Morgan fingerprint density at radius 1 is 0.769 bits per heavy atom. The van der Waals surface area contributed by atoms with Crippen LogP contribution in [0, 0.1) is 21.7 Å². The molecule has 0 aliphatic carbocycles. The van der Waals surface area contributed by atoms with Gasteiger partial charge in [-0.3, -0.25) is 19.0 Å². The molecule has 2 rings (SSSR count). The van der Waals surface area contributed by atoms with Gasteiger partial charge in [-0.15, -0.1) is 10.2 Å². The van der Waals surface area contributed by atoms with Crippen molar-refractivity contribution in [3.8, 4) is 0 Å². The van der Waals surface area contributed by atoms with Crippen LogP contribution in [0.3, 0.4) is 0 Å². The second-order valence-electron chi connectivity index (χ2n) is 14.7. The first-order valence-electron chi connectivity index (χ1n) is 14.3. The Kier molecular flexibility index (Phi) is 11.0. The van der Waals surface area contributed by atoms with E-state index in [-0.39, 0.29) is 28.0 Å². The number of Topliss-reactive ketones (excluding diaryl/α,β-unsaturated/α-hetero) is 1. The van der Waals surface area contributed by atoms with Gasteiger partial charge in [-0.25, -0.2) is 0 Å². The van der Waals surface area contributed by atoms with E-state index in [9.17, 15) is 9.59 Å². The quantitative estimate of drug-likeness (QED) is 0.204. The monoisotopic (exact) mass is 544 g/mol.